The predicted octanol–water partition coefficient (Wildman–Crippen LogP) is 1.64. The summed E-state index contributed by atoms with van der Waals surface area (Å²) >= 11 is 0. The number of hydrogen-bond acceptors (Lipinski definition) is 3. The Labute approximate surface area is 117 Å². The molecule has 1 amide bonds. The molecule has 4 N–H and O–H groups in total. The van der Waals surface area contributed by atoms with Gasteiger partial charge in [0.2, 0.25) is 0 Å². The second kappa shape index (κ2) is 3.57. The van der Waals surface area contributed by atoms with Crippen LogP contribution in [0.2, 0.25) is 0 Å². The van der Waals surface area contributed by atoms with E-state index in [0.29, 0.717) is 23.3 Å². The number of nitrogens with zero attached hydrogens (tertiary/aromatic N) is 1. The molecule has 4 aliphatic carbocycles. The van der Waals surface area contributed by atoms with Gasteiger partial charge < -0.3 is 11.1 Å². The third-order valence-electron chi connectivity index (χ3n) is 6.07. The van der Waals surface area contributed by atoms with Gasteiger partial charge in [-0.1, -0.05) is 0 Å². The van der Waals surface area contributed by atoms with Crippen molar-refractivity contribution in [2.24, 2.45) is 23.7 Å². The van der Waals surface area contributed by atoms with Gasteiger partial charge >= 0.3 is 0 Å². The van der Waals surface area contributed by atoms with E-state index in [2.05, 4.69) is 15.5 Å². The van der Waals surface area contributed by atoms with Crippen LogP contribution >= 0.6 is 0 Å². The molecule has 1 aromatic rings. The van der Waals surface area contributed by atoms with E-state index in [1.54, 1.807) is 0 Å². The van der Waals surface area contributed by atoms with E-state index in [1.807, 2.05) is 0 Å². The number of fused-ring (bicyclic) bond motifs is 5. The summed E-state index contributed by atoms with van der Waals surface area (Å²) in [6.45, 7) is 0. The Bertz CT molecular complexity index is 575. The summed E-state index contributed by atoms with van der Waals surface area (Å²) in [5.74, 6) is 3.66. The van der Waals surface area contributed by atoms with E-state index in [0.717, 1.165) is 42.2 Å². The van der Waals surface area contributed by atoms with Crippen molar-refractivity contribution in [2.75, 3.05) is 5.73 Å². The number of carbonyl (C=O) groups is 1. The van der Waals surface area contributed by atoms with Crippen molar-refractivity contribution in [3.63, 3.8) is 0 Å². The maximum Gasteiger partial charge on any atom is 0.274 e. The highest BCUT2D eigenvalue weighted by Gasteiger charge is 2.65. The Morgan fingerprint density at radius 2 is 1.90 bits per heavy atom. The summed E-state index contributed by atoms with van der Waals surface area (Å²) in [6.07, 6.45) is 6.45. The fraction of sp³-hybridized carbons (Fsp3) is 0.733. The van der Waals surface area contributed by atoms with Gasteiger partial charge in [0.15, 0.2) is 5.69 Å². The molecule has 4 aliphatic rings. The van der Waals surface area contributed by atoms with Gasteiger partial charge in [0, 0.05) is 12.0 Å². The van der Waals surface area contributed by atoms with E-state index >= 15 is 0 Å². The van der Waals surface area contributed by atoms with Crippen LogP contribution in [0.3, 0.4) is 0 Å². The Kier molecular flexibility index (Phi) is 1.99. The van der Waals surface area contributed by atoms with E-state index in [-0.39, 0.29) is 5.91 Å². The first-order chi connectivity index (χ1) is 9.74. The zero-order valence-corrected chi connectivity index (χ0v) is 11.4. The van der Waals surface area contributed by atoms with E-state index < -0.39 is 0 Å². The summed E-state index contributed by atoms with van der Waals surface area (Å²) in [5, 5.41) is 10.3. The van der Waals surface area contributed by atoms with Crippen LogP contribution in [-0.4, -0.2) is 22.1 Å². The minimum atomic E-state index is -0.0792. The molecule has 4 atom stereocenters. The molecule has 4 unspecified atom stereocenters. The molecule has 0 saturated heterocycles. The van der Waals surface area contributed by atoms with Crippen LogP contribution in [0.5, 0.6) is 0 Å². The molecule has 0 aliphatic heterocycles. The average Bonchev–Trinajstić information content (AvgIpc) is 3.27. The third-order valence-corrected chi connectivity index (χ3v) is 6.07. The summed E-state index contributed by atoms with van der Waals surface area (Å²) in [5.41, 5.74) is 8.01. The Morgan fingerprint density at radius 1 is 1.20 bits per heavy atom. The molecule has 4 fully saturated rings. The maximum absolute atomic E-state index is 12.4. The molecule has 20 heavy (non-hydrogen) atoms. The molecule has 1 aromatic heterocycles. The van der Waals surface area contributed by atoms with Crippen molar-refractivity contribution in [1.82, 2.24) is 15.5 Å². The zero-order valence-electron chi connectivity index (χ0n) is 11.4. The second-order valence-electron chi connectivity index (χ2n) is 7.16. The number of hydrogen-bond donors (Lipinski definition) is 3. The number of H-pyrrole nitrogens is 1. The molecule has 2 bridgehead atoms. The Morgan fingerprint density at radius 3 is 2.55 bits per heavy atom. The van der Waals surface area contributed by atoms with Gasteiger partial charge in [0.25, 0.3) is 5.91 Å². The lowest BCUT2D eigenvalue weighted by atomic mass is 10.0. The quantitative estimate of drug-likeness (QED) is 0.782. The lowest BCUT2D eigenvalue weighted by Crippen LogP contribution is -2.30. The van der Waals surface area contributed by atoms with Gasteiger partial charge in [-0.15, -0.1) is 0 Å². The average molecular weight is 272 g/mol. The smallest absolute Gasteiger partial charge is 0.274 e. The van der Waals surface area contributed by atoms with Crippen molar-refractivity contribution in [1.29, 1.82) is 0 Å². The number of nitrogens with two attached hydrogens (primary N) is 1. The van der Waals surface area contributed by atoms with Crippen molar-refractivity contribution in [3.05, 3.63) is 11.4 Å². The van der Waals surface area contributed by atoms with Crippen LogP contribution in [0.1, 0.15) is 54.2 Å². The first-order valence-corrected chi connectivity index (χ1v) is 7.88. The molecule has 106 valence electrons. The molecule has 0 aromatic carbocycles. The van der Waals surface area contributed by atoms with Crippen LogP contribution in [0.25, 0.3) is 0 Å². The fourth-order valence-electron chi connectivity index (χ4n) is 4.96. The summed E-state index contributed by atoms with van der Waals surface area (Å²) in [7, 11) is 0. The summed E-state index contributed by atoms with van der Waals surface area (Å²) in [4.78, 5) is 12.4. The maximum atomic E-state index is 12.4. The van der Waals surface area contributed by atoms with Crippen LogP contribution in [0.15, 0.2) is 0 Å². The summed E-state index contributed by atoms with van der Waals surface area (Å²) < 4.78 is 0. The van der Waals surface area contributed by atoms with Crippen LogP contribution in [-0.2, 0) is 0 Å². The van der Waals surface area contributed by atoms with Crippen LogP contribution in [0.4, 0.5) is 5.69 Å². The summed E-state index contributed by atoms with van der Waals surface area (Å²) in [6, 6.07) is 0.397. The molecule has 0 radical (unpaired) electrons. The van der Waals surface area contributed by atoms with Gasteiger partial charge in [-0.25, -0.2) is 0 Å². The molecular weight excluding hydrogens is 252 g/mol. The fourth-order valence-corrected chi connectivity index (χ4v) is 4.96. The van der Waals surface area contributed by atoms with E-state index in [9.17, 15) is 4.79 Å². The topological polar surface area (TPSA) is 83.8 Å². The highest BCUT2D eigenvalue weighted by molar-refractivity contribution is 5.98. The number of rotatable bonds is 3. The predicted molar refractivity (Wildman–Crippen MR) is 74.0 cm³/mol. The van der Waals surface area contributed by atoms with Crippen LogP contribution in [0, 0.1) is 23.7 Å². The minimum Gasteiger partial charge on any atom is -0.395 e. The number of anilines is 1. The van der Waals surface area contributed by atoms with Gasteiger partial charge in [-0.2, -0.15) is 5.10 Å². The van der Waals surface area contributed by atoms with E-state index in [4.69, 9.17) is 5.73 Å². The number of aromatic amines is 1. The second-order valence-corrected chi connectivity index (χ2v) is 7.16. The van der Waals surface area contributed by atoms with E-state index in [1.165, 1.54) is 19.3 Å². The Balaban J connectivity index is 1.32. The first kappa shape index (κ1) is 11.2. The van der Waals surface area contributed by atoms with Gasteiger partial charge in [-0.05, 0) is 55.8 Å². The lowest BCUT2D eigenvalue weighted by Gasteiger charge is -2.09. The van der Waals surface area contributed by atoms with Crippen molar-refractivity contribution >= 4 is 11.6 Å². The molecule has 5 heteroatoms. The first-order valence-electron chi connectivity index (χ1n) is 7.88. The SMILES string of the molecule is Nc1c(C(=O)NC2C3C4CCC(C4)C23)n[nH]c1C1CC1. The number of nitrogens with one attached hydrogen (secondary N) is 2. The van der Waals surface area contributed by atoms with Crippen molar-refractivity contribution in [2.45, 2.75) is 44.1 Å². The molecule has 5 rings (SSSR count). The third kappa shape index (κ3) is 1.38. The zero-order chi connectivity index (χ0) is 13.4. The van der Waals surface area contributed by atoms with Crippen LogP contribution < -0.4 is 11.1 Å². The minimum absolute atomic E-state index is 0.0792. The molecular formula is C15H20N4O. The monoisotopic (exact) mass is 272 g/mol. The van der Waals surface area contributed by atoms with Gasteiger partial charge in [-0.3, -0.25) is 9.89 Å². The van der Waals surface area contributed by atoms with Gasteiger partial charge in [0.05, 0.1) is 11.4 Å². The lowest BCUT2D eigenvalue weighted by molar-refractivity contribution is 0.0940. The largest absolute Gasteiger partial charge is 0.395 e. The standard InChI is InChI=1S/C15H20N4O/c16-11-12(6-1-2-6)18-19-14(11)15(20)17-13-9-7-3-4-8(5-7)10(9)13/h6-10,13H,1-5,16H2,(H,17,20)(H,18,19). The number of carbonyl (C=O) groups excluding carboxylic acids is 1. The normalized spacial score (nSPS) is 40.7. The molecule has 5 nitrogen and oxygen atoms in total. The number of amides is 1. The van der Waals surface area contributed by atoms with Crippen molar-refractivity contribution in [3.8, 4) is 0 Å². The number of nitrogen functional groups attached to an aromatic ring is 1. The Hall–Kier alpha value is -1.52. The molecule has 4 saturated carbocycles. The number of aromatic nitrogens is 2. The molecule has 1 heterocycles. The molecule has 0 spiro atoms. The highest BCUT2D eigenvalue weighted by atomic mass is 16.2. The van der Waals surface area contributed by atoms with Gasteiger partial charge in [0.1, 0.15) is 0 Å². The van der Waals surface area contributed by atoms with Crippen molar-refractivity contribution < 1.29 is 4.79 Å². The highest BCUT2D eigenvalue weighted by Crippen LogP contribution is 2.65.